The molecule has 33 heavy (non-hydrogen) atoms. The Hall–Kier alpha value is -3.30. The van der Waals surface area contributed by atoms with Crippen molar-refractivity contribution >= 4 is 45.4 Å². The van der Waals surface area contributed by atoms with Gasteiger partial charge in [0, 0.05) is 17.7 Å². The van der Waals surface area contributed by atoms with E-state index in [1.54, 1.807) is 35.9 Å². The molecule has 170 valence electrons. The Balaban J connectivity index is 1.43. The second-order valence-corrected chi connectivity index (χ2v) is 8.73. The van der Waals surface area contributed by atoms with Gasteiger partial charge in [0.2, 0.25) is 11.5 Å². The Morgan fingerprint density at radius 1 is 1.24 bits per heavy atom. The van der Waals surface area contributed by atoms with E-state index in [4.69, 9.17) is 18.9 Å². The van der Waals surface area contributed by atoms with Crippen molar-refractivity contribution in [3.05, 3.63) is 58.9 Å². The van der Waals surface area contributed by atoms with Crippen molar-refractivity contribution in [2.45, 2.75) is 30.6 Å². The number of hydrogen-bond donors (Lipinski definition) is 1. The van der Waals surface area contributed by atoms with Gasteiger partial charge in [0.05, 0.1) is 25.5 Å². The van der Waals surface area contributed by atoms with Gasteiger partial charge in [-0.15, -0.1) is 0 Å². The van der Waals surface area contributed by atoms with Crippen LogP contribution < -0.4 is 15.6 Å². The van der Waals surface area contributed by atoms with Gasteiger partial charge in [-0.1, -0.05) is 23.9 Å². The van der Waals surface area contributed by atoms with Gasteiger partial charge in [-0.3, -0.25) is 14.2 Å². The number of carbonyl (C=O) groups excluding carboxylic acids is 1. The van der Waals surface area contributed by atoms with Crippen molar-refractivity contribution in [2.24, 2.45) is 0 Å². The SMILES string of the molecule is COc1ccc(NC(=O)CSc2nc3c(oc4ccccc43)c(=O)n2C[C@H]2CCCO2)cc1. The first-order chi connectivity index (χ1) is 16.1. The maximum absolute atomic E-state index is 13.4. The molecule has 4 aromatic rings. The van der Waals surface area contributed by atoms with E-state index in [2.05, 4.69) is 5.32 Å². The minimum absolute atomic E-state index is 0.0567. The fraction of sp³-hybridized carbons (Fsp3) is 0.292. The number of benzene rings is 2. The number of nitrogens with one attached hydrogen (secondary N) is 1. The highest BCUT2D eigenvalue weighted by molar-refractivity contribution is 7.99. The van der Waals surface area contributed by atoms with Crippen LogP contribution in [0, 0.1) is 0 Å². The molecular formula is C24H23N3O5S. The smallest absolute Gasteiger partial charge is 0.297 e. The molecule has 1 amide bonds. The lowest BCUT2D eigenvalue weighted by Gasteiger charge is -2.15. The van der Waals surface area contributed by atoms with Gasteiger partial charge >= 0.3 is 0 Å². The number of nitrogens with zero attached hydrogens (tertiary/aromatic N) is 2. The van der Waals surface area contributed by atoms with Gasteiger partial charge in [0.25, 0.3) is 5.56 Å². The summed E-state index contributed by atoms with van der Waals surface area (Å²) in [6.07, 6.45) is 1.79. The third kappa shape index (κ3) is 4.46. The number of thioether (sulfide) groups is 1. The molecule has 0 bridgehead atoms. The summed E-state index contributed by atoms with van der Waals surface area (Å²) in [4.78, 5) is 30.7. The van der Waals surface area contributed by atoms with Crippen molar-refractivity contribution in [3.8, 4) is 5.75 Å². The molecule has 3 heterocycles. The Morgan fingerprint density at radius 3 is 2.82 bits per heavy atom. The molecule has 0 spiro atoms. The molecule has 5 rings (SSSR count). The van der Waals surface area contributed by atoms with Gasteiger partial charge < -0.3 is 19.2 Å². The predicted octanol–water partition coefficient (Wildman–Crippen LogP) is 4.06. The molecule has 1 aliphatic heterocycles. The maximum Gasteiger partial charge on any atom is 0.297 e. The molecule has 1 atom stereocenters. The third-order valence-electron chi connectivity index (χ3n) is 5.56. The molecule has 0 radical (unpaired) electrons. The second kappa shape index (κ2) is 9.29. The average molecular weight is 466 g/mol. The van der Waals surface area contributed by atoms with Crippen molar-refractivity contribution < 1.29 is 18.7 Å². The topological polar surface area (TPSA) is 95.6 Å². The fourth-order valence-corrected chi connectivity index (χ4v) is 4.72. The van der Waals surface area contributed by atoms with Gasteiger partial charge in [0.1, 0.15) is 16.8 Å². The Kier molecular flexibility index (Phi) is 6.06. The predicted molar refractivity (Wildman–Crippen MR) is 127 cm³/mol. The number of hydrogen-bond acceptors (Lipinski definition) is 7. The van der Waals surface area contributed by atoms with Gasteiger partial charge in [-0.2, -0.15) is 0 Å². The number of fused-ring (bicyclic) bond motifs is 3. The largest absolute Gasteiger partial charge is 0.497 e. The number of aromatic nitrogens is 2. The van der Waals surface area contributed by atoms with E-state index >= 15 is 0 Å². The molecule has 0 unspecified atom stereocenters. The number of para-hydroxylation sites is 1. The van der Waals surface area contributed by atoms with Crippen LogP contribution >= 0.6 is 11.8 Å². The van der Waals surface area contributed by atoms with Crippen LogP contribution in [-0.4, -0.2) is 41.0 Å². The average Bonchev–Trinajstić information content (AvgIpc) is 3.48. The molecule has 2 aromatic carbocycles. The van der Waals surface area contributed by atoms with Crippen LogP contribution in [0.5, 0.6) is 5.75 Å². The summed E-state index contributed by atoms with van der Waals surface area (Å²) >= 11 is 1.22. The summed E-state index contributed by atoms with van der Waals surface area (Å²) in [5.74, 6) is 0.622. The Bertz CT molecular complexity index is 1360. The van der Waals surface area contributed by atoms with E-state index in [0.717, 1.165) is 18.2 Å². The number of carbonyl (C=O) groups is 1. The Morgan fingerprint density at radius 2 is 2.06 bits per heavy atom. The number of amides is 1. The molecule has 8 nitrogen and oxygen atoms in total. The lowest BCUT2D eigenvalue weighted by atomic mass is 10.2. The summed E-state index contributed by atoms with van der Waals surface area (Å²) in [5.41, 5.74) is 1.76. The van der Waals surface area contributed by atoms with E-state index in [9.17, 15) is 9.59 Å². The van der Waals surface area contributed by atoms with E-state index < -0.39 is 0 Å². The van der Waals surface area contributed by atoms with Crippen LogP contribution in [0.2, 0.25) is 0 Å². The monoisotopic (exact) mass is 465 g/mol. The summed E-state index contributed by atoms with van der Waals surface area (Å²) in [6.45, 7) is 1.06. The van der Waals surface area contributed by atoms with Crippen LogP contribution in [0.3, 0.4) is 0 Å². The quantitative estimate of drug-likeness (QED) is 0.325. The first-order valence-corrected chi connectivity index (χ1v) is 11.7. The van der Waals surface area contributed by atoms with Crippen LogP contribution in [0.1, 0.15) is 12.8 Å². The number of furan rings is 1. The molecule has 1 fully saturated rings. The van der Waals surface area contributed by atoms with Crippen LogP contribution in [0.15, 0.2) is 62.9 Å². The maximum atomic E-state index is 13.4. The molecular weight excluding hydrogens is 442 g/mol. The highest BCUT2D eigenvalue weighted by Gasteiger charge is 2.23. The van der Waals surface area contributed by atoms with Crippen molar-refractivity contribution in [1.29, 1.82) is 0 Å². The minimum Gasteiger partial charge on any atom is -0.497 e. The van der Waals surface area contributed by atoms with Gasteiger partial charge in [0.15, 0.2) is 5.16 Å². The second-order valence-electron chi connectivity index (χ2n) is 7.79. The van der Waals surface area contributed by atoms with Crippen LogP contribution in [-0.2, 0) is 16.1 Å². The highest BCUT2D eigenvalue weighted by atomic mass is 32.2. The van der Waals surface area contributed by atoms with E-state index in [0.29, 0.717) is 40.8 Å². The number of methoxy groups -OCH3 is 1. The number of rotatable bonds is 7. The Labute approximate surface area is 193 Å². The normalized spacial score (nSPS) is 15.8. The number of anilines is 1. The fourth-order valence-electron chi connectivity index (χ4n) is 3.92. The first kappa shape index (κ1) is 21.5. The summed E-state index contributed by atoms with van der Waals surface area (Å²) in [5, 5.41) is 4.11. The lowest BCUT2D eigenvalue weighted by molar-refractivity contribution is -0.113. The summed E-state index contributed by atoms with van der Waals surface area (Å²) < 4.78 is 18.3. The molecule has 2 aromatic heterocycles. The molecule has 0 saturated carbocycles. The highest BCUT2D eigenvalue weighted by Crippen LogP contribution is 2.28. The van der Waals surface area contributed by atoms with Gasteiger partial charge in [-0.25, -0.2) is 4.98 Å². The van der Waals surface area contributed by atoms with E-state index in [-0.39, 0.29) is 28.9 Å². The first-order valence-electron chi connectivity index (χ1n) is 10.7. The zero-order valence-corrected chi connectivity index (χ0v) is 18.9. The van der Waals surface area contributed by atoms with Crippen molar-refractivity contribution in [1.82, 2.24) is 9.55 Å². The van der Waals surface area contributed by atoms with E-state index in [1.165, 1.54) is 11.8 Å². The summed E-state index contributed by atoms with van der Waals surface area (Å²) in [6, 6.07) is 14.5. The minimum atomic E-state index is -0.259. The number of ether oxygens (including phenoxy) is 2. The standard InChI is InChI=1S/C24H23N3O5S/c1-30-16-10-8-15(9-11-16)25-20(28)14-33-24-26-21-18-6-2-3-7-19(18)32-22(21)23(29)27(24)13-17-5-4-12-31-17/h2-3,6-11,17H,4-5,12-14H2,1H3,(H,25,28)/t17-/m1/s1. The van der Waals surface area contributed by atoms with Crippen molar-refractivity contribution in [3.63, 3.8) is 0 Å². The molecule has 1 N–H and O–H groups in total. The molecule has 9 heteroatoms. The molecule has 0 aliphatic carbocycles. The van der Waals surface area contributed by atoms with Gasteiger partial charge in [-0.05, 0) is 49.2 Å². The molecule has 1 saturated heterocycles. The van der Waals surface area contributed by atoms with E-state index in [1.807, 2.05) is 24.3 Å². The van der Waals surface area contributed by atoms with Crippen molar-refractivity contribution in [2.75, 3.05) is 24.8 Å². The molecule has 1 aliphatic rings. The third-order valence-corrected chi connectivity index (χ3v) is 6.54. The summed E-state index contributed by atoms with van der Waals surface area (Å²) in [7, 11) is 1.59. The zero-order valence-electron chi connectivity index (χ0n) is 18.1. The zero-order chi connectivity index (χ0) is 22.8. The lowest BCUT2D eigenvalue weighted by Crippen LogP contribution is -2.29. The van der Waals surface area contributed by atoms with Crippen LogP contribution in [0.4, 0.5) is 5.69 Å². The van der Waals surface area contributed by atoms with Crippen LogP contribution in [0.25, 0.3) is 22.1 Å².